The van der Waals surface area contributed by atoms with Gasteiger partial charge >= 0.3 is 0 Å². The van der Waals surface area contributed by atoms with E-state index in [-0.39, 0.29) is 0 Å². The minimum Gasteiger partial charge on any atom is -0.357 e. The second-order valence-electron chi connectivity index (χ2n) is 6.27. The second-order valence-corrected chi connectivity index (χ2v) is 6.27. The summed E-state index contributed by atoms with van der Waals surface area (Å²) in [5.74, 6) is -5.07. The van der Waals surface area contributed by atoms with Gasteiger partial charge in [0.2, 0.25) is 11.8 Å². The summed E-state index contributed by atoms with van der Waals surface area (Å²) in [7, 11) is 1.32. The quantitative estimate of drug-likeness (QED) is 0.831. The Kier molecular flexibility index (Phi) is 5.02. The number of aromatic nitrogens is 1. The molecule has 1 fully saturated rings. The van der Waals surface area contributed by atoms with Gasteiger partial charge in [0.25, 0.3) is 11.8 Å². The molecule has 1 aliphatic heterocycles. The summed E-state index contributed by atoms with van der Waals surface area (Å²) in [6.45, 7) is -1.34. The molecule has 27 heavy (non-hydrogen) atoms. The topological polar surface area (TPSA) is 91.4 Å². The van der Waals surface area contributed by atoms with Crippen molar-refractivity contribution >= 4 is 28.6 Å². The van der Waals surface area contributed by atoms with Gasteiger partial charge in [0.1, 0.15) is 6.04 Å². The predicted octanol–water partition coefficient (Wildman–Crippen LogP) is 0.947. The Bertz CT molecular complexity index is 898. The average molecular weight is 376 g/mol. The van der Waals surface area contributed by atoms with Gasteiger partial charge in [-0.1, -0.05) is 18.2 Å². The summed E-state index contributed by atoms with van der Waals surface area (Å²) < 4.78 is 27.3. The number of rotatable bonds is 4. The Morgan fingerprint density at radius 1 is 1.26 bits per heavy atom. The number of halogens is 2. The number of likely N-dealkylation sites (tertiary alicyclic amines) is 1. The fourth-order valence-corrected chi connectivity index (χ4v) is 3.13. The number of likely N-dealkylation sites (N-methyl/N-ethyl adjacent to an activating group) is 1. The Labute approximate surface area is 153 Å². The number of nitrogens with zero attached hydrogens (tertiary/aromatic N) is 2. The fourth-order valence-electron chi connectivity index (χ4n) is 3.13. The molecule has 9 heteroatoms. The van der Waals surface area contributed by atoms with Crippen LogP contribution in [0, 0.1) is 0 Å². The number of hydrogen-bond acceptors (Lipinski definition) is 4. The molecule has 0 radical (unpaired) electrons. The number of benzene rings is 1. The maximum atomic E-state index is 13.7. The first kappa shape index (κ1) is 18.7. The van der Waals surface area contributed by atoms with E-state index < -0.39 is 49.2 Å². The molecule has 0 saturated carbocycles. The number of alkyl halides is 2. The summed E-state index contributed by atoms with van der Waals surface area (Å²) in [6.07, 6.45) is 0.739. The SMILES string of the molecule is CNC(=O)C1CC(F)(F)CN1C(=O)CNC(=O)c1ccnc2ccccc12. The van der Waals surface area contributed by atoms with E-state index in [0.29, 0.717) is 16.5 Å². The molecule has 1 saturated heterocycles. The summed E-state index contributed by atoms with van der Waals surface area (Å²) in [5, 5.41) is 5.33. The fraction of sp³-hybridized carbons (Fsp3) is 0.333. The molecule has 3 rings (SSSR count). The van der Waals surface area contributed by atoms with Gasteiger partial charge in [0, 0.05) is 25.1 Å². The monoisotopic (exact) mass is 376 g/mol. The molecule has 142 valence electrons. The van der Waals surface area contributed by atoms with E-state index >= 15 is 0 Å². The molecule has 3 amide bonds. The van der Waals surface area contributed by atoms with Gasteiger partial charge in [-0.05, 0) is 12.1 Å². The van der Waals surface area contributed by atoms with Crippen molar-refractivity contribution in [3.05, 3.63) is 42.1 Å². The van der Waals surface area contributed by atoms with Crippen LogP contribution < -0.4 is 10.6 Å². The van der Waals surface area contributed by atoms with E-state index in [9.17, 15) is 23.2 Å². The molecular formula is C18H18F2N4O3. The van der Waals surface area contributed by atoms with Crippen molar-refractivity contribution in [1.82, 2.24) is 20.5 Å². The van der Waals surface area contributed by atoms with Crippen LogP contribution in [0.25, 0.3) is 10.9 Å². The van der Waals surface area contributed by atoms with Gasteiger partial charge in [-0.15, -0.1) is 0 Å². The van der Waals surface area contributed by atoms with Crippen molar-refractivity contribution in [2.45, 2.75) is 18.4 Å². The van der Waals surface area contributed by atoms with Crippen LogP contribution in [0.2, 0.25) is 0 Å². The van der Waals surface area contributed by atoms with Crippen molar-refractivity contribution in [2.24, 2.45) is 0 Å². The first-order valence-corrected chi connectivity index (χ1v) is 8.33. The van der Waals surface area contributed by atoms with Crippen molar-refractivity contribution < 1.29 is 23.2 Å². The maximum Gasteiger partial charge on any atom is 0.267 e. The standard InChI is InChI=1S/C18H18F2N4O3/c1-21-17(27)14-8-18(19,20)10-24(14)15(25)9-23-16(26)12-6-7-22-13-5-3-2-4-11(12)13/h2-7,14H,8-10H2,1H3,(H,21,27)(H,23,26). The van der Waals surface area contributed by atoms with Crippen molar-refractivity contribution in [1.29, 1.82) is 0 Å². The smallest absolute Gasteiger partial charge is 0.267 e. The Morgan fingerprint density at radius 3 is 2.74 bits per heavy atom. The zero-order chi connectivity index (χ0) is 19.6. The summed E-state index contributed by atoms with van der Waals surface area (Å²) in [6, 6.07) is 7.27. The van der Waals surface area contributed by atoms with Crippen LogP contribution >= 0.6 is 0 Å². The van der Waals surface area contributed by atoms with Gasteiger partial charge in [0.15, 0.2) is 0 Å². The number of para-hydroxylation sites is 1. The molecular weight excluding hydrogens is 358 g/mol. The third-order valence-corrected chi connectivity index (χ3v) is 4.43. The van der Waals surface area contributed by atoms with Crippen LogP contribution in [0.15, 0.2) is 36.5 Å². The van der Waals surface area contributed by atoms with E-state index in [1.165, 1.54) is 19.3 Å². The first-order valence-electron chi connectivity index (χ1n) is 8.33. The molecule has 1 aromatic carbocycles. The lowest BCUT2D eigenvalue weighted by Crippen LogP contribution is -2.48. The zero-order valence-electron chi connectivity index (χ0n) is 14.5. The Balaban J connectivity index is 1.71. The number of fused-ring (bicyclic) bond motifs is 1. The molecule has 0 bridgehead atoms. The van der Waals surface area contributed by atoms with E-state index in [4.69, 9.17) is 0 Å². The van der Waals surface area contributed by atoms with E-state index in [1.54, 1.807) is 24.3 Å². The lowest BCUT2D eigenvalue weighted by atomic mass is 10.1. The lowest BCUT2D eigenvalue weighted by Gasteiger charge is -2.22. The lowest BCUT2D eigenvalue weighted by molar-refractivity contribution is -0.137. The van der Waals surface area contributed by atoms with Gasteiger partial charge in [-0.25, -0.2) is 8.78 Å². The van der Waals surface area contributed by atoms with Crippen LogP contribution in [-0.4, -0.2) is 59.7 Å². The Hall–Kier alpha value is -3.10. The number of hydrogen-bond donors (Lipinski definition) is 2. The Morgan fingerprint density at radius 2 is 2.00 bits per heavy atom. The van der Waals surface area contributed by atoms with Gasteiger partial charge in [-0.3, -0.25) is 19.4 Å². The molecule has 2 heterocycles. The van der Waals surface area contributed by atoms with Crippen molar-refractivity contribution in [3.8, 4) is 0 Å². The maximum absolute atomic E-state index is 13.7. The van der Waals surface area contributed by atoms with Crippen molar-refractivity contribution in [3.63, 3.8) is 0 Å². The van der Waals surface area contributed by atoms with Gasteiger partial charge in [0.05, 0.1) is 24.2 Å². The zero-order valence-corrected chi connectivity index (χ0v) is 14.5. The highest BCUT2D eigenvalue weighted by atomic mass is 19.3. The van der Waals surface area contributed by atoms with Crippen LogP contribution in [0.5, 0.6) is 0 Å². The number of amides is 3. The van der Waals surface area contributed by atoms with Gasteiger partial charge < -0.3 is 15.5 Å². The van der Waals surface area contributed by atoms with Crippen LogP contribution in [0.1, 0.15) is 16.8 Å². The van der Waals surface area contributed by atoms with E-state index in [2.05, 4.69) is 15.6 Å². The highest BCUT2D eigenvalue weighted by Gasteiger charge is 2.49. The highest BCUT2D eigenvalue weighted by Crippen LogP contribution is 2.32. The highest BCUT2D eigenvalue weighted by molar-refractivity contribution is 6.06. The minimum absolute atomic E-state index is 0.322. The summed E-state index contributed by atoms with van der Waals surface area (Å²) in [5.41, 5.74) is 0.943. The molecule has 1 aromatic heterocycles. The number of carbonyl (C=O) groups excluding carboxylic acids is 3. The third-order valence-electron chi connectivity index (χ3n) is 4.43. The van der Waals surface area contributed by atoms with Crippen LogP contribution in [0.4, 0.5) is 8.78 Å². The molecule has 1 unspecified atom stereocenters. The second kappa shape index (κ2) is 7.26. The largest absolute Gasteiger partial charge is 0.357 e. The molecule has 1 atom stereocenters. The first-order chi connectivity index (χ1) is 12.8. The third kappa shape index (κ3) is 3.86. The molecule has 7 nitrogen and oxygen atoms in total. The average Bonchev–Trinajstić information content (AvgIpc) is 3.00. The number of nitrogens with one attached hydrogen (secondary N) is 2. The van der Waals surface area contributed by atoms with Crippen LogP contribution in [0.3, 0.4) is 0 Å². The summed E-state index contributed by atoms with van der Waals surface area (Å²) in [4.78, 5) is 41.5. The minimum atomic E-state index is -3.14. The molecule has 0 spiro atoms. The van der Waals surface area contributed by atoms with Gasteiger partial charge in [-0.2, -0.15) is 0 Å². The van der Waals surface area contributed by atoms with E-state index in [0.717, 1.165) is 4.90 Å². The van der Waals surface area contributed by atoms with Crippen molar-refractivity contribution in [2.75, 3.05) is 20.1 Å². The van der Waals surface area contributed by atoms with E-state index in [1.807, 2.05) is 0 Å². The summed E-state index contributed by atoms with van der Waals surface area (Å²) >= 11 is 0. The molecule has 2 aromatic rings. The normalized spacial score (nSPS) is 18.3. The number of carbonyl (C=O) groups is 3. The molecule has 2 N–H and O–H groups in total. The molecule has 1 aliphatic rings. The number of pyridine rings is 1. The predicted molar refractivity (Wildman–Crippen MR) is 93.2 cm³/mol. The molecule has 0 aliphatic carbocycles. The van der Waals surface area contributed by atoms with Crippen LogP contribution in [-0.2, 0) is 9.59 Å².